The molecule has 0 bridgehead atoms. The van der Waals surface area contributed by atoms with Crippen LogP contribution in [0, 0.1) is 0 Å². The van der Waals surface area contributed by atoms with Gasteiger partial charge in [0.15, 0.2) is 0 Å². The molecule has 0 atom stereocenters. The molecule has 0 radical (unpaired) electrons. The normalized spacial score (nSPS) is 22.8. The van der Waals surface area contributed by atoms with Crippen LogP contribution in [0.3, 0.4) is 0 Å². The van der Waals surface area contributed by atoms with E-state index in [1.807, 2.05) is 4.90 Å². The summed E-state index contributed by atoms with van der Waals surface area (Å²) in [5.74, 6) is 0.225. The maximum Gasteiger partial charge on any atom is 0.219 e. The summed E-state index contributed by atoms with van der Waals surface area (Å²) < 4.78 is 0. The van der Waals surface area contributed by atoms with Crippen molar-refractivity contribution in [3.05, 3.63) is 0 Å². The molecule has 4 nitrogen and oxygen atoms in total. The highest BCUT2D eigenvalue weighted by Gasteiger charge is 2.26. The smallest absolute Gasteiger partial charge is 0.219 e. The Hall–Kier alpha value is -0.610. The summed E-state index contributed by atoms with van der Waals surface area (Å²) in [6, 6.07) is 0.755. The fourth-order valence-electron chi connectivity index (χ4n) is 2.76. The Morgan fingerprint density at radius 2 is 1.47 bits per heavy atom. The highest BCUT2D eigenvalue weighted by molar-refractivity contribution is 5.73. The van der Waals surface area contributed by atoms with Gasteiger partial charge in [0.2, 0.25) is 5.91 Å². The molecule has 2 fully saturated rings. The summed E-state index contributed by atoms with van der Waals surface area (Å²) in [6.07, 6.45) is 3.83. The van der Waals surface area contributed by atoms with Crippen LogP contribution in [-0.4, -0.2) is 73.0 Å². The third-order valence-electron chi connectivity index (χ3n) is 3.96. The van der Waals surface area contributed by atoms with Gasteiger partial charge in [0.05, 0.1) is 0 Å². The average Bonchev–Trinajstić information content (AvgIpc) is 2.41. The Morgan fingerprint density at radius 3 is 1.89 bits per heavy atom. The Balaban J connectivity index is 0.000000550. The summed E-state index contributed by atoms with van der Waals surface area (Å²) >= 11 is 0. The lowest BCUT2D eigenvalue weighted by molar-refractivity contribution is -0.131. The number of rotatable bonds is 1. The van der Waals surface area contributed by atoms with Crippen LogP contribution in [0.4, 0.5) is 0 Å². The van der Waals surface area contributed by atoms with E-state index in [1.165, 1.54) is 32.4 Å². The molecule has 0 aromatic carbocycles. The molecule has 0 aromatic heterocycles. The molecule has 0 unspecified atom stereocenters. The van der Waals surface area contributed by atoms with E-state index >= 15 is 0 Å². The molecule has 2 aliphatic heterocycles. The monoisotopic (exact) mass is 269 g/mol. The highest BCUT2D eigenvalue weighted by atomic mass is 16.2. The van der Waals surface area contributed by atoms with Crippen LogP contribution in [0.1, 0.15) is 40.0 Å². The predicted octanol–water partition coefficient (Wildman–Crippen LogP) is 1.66. The Labute approximate surface area is 118 Å². The topological polar surface area (TPSA) is 26.8 Å². The fourth-order valence-corrected chi connectivity index (χ4v) is 2.76. The molecular weight excluding hydrogens is 238 g/mol. The molecule has 19 heavy (non-hydrogen) atoms. The van der Waals surface area contributed by atoms with Gasteiger partial charge in [0, 0.05) is 39.1 Å². The fraction of sp³-hybridized carbons (Fsp3) is 0.933. The van der Waals surface area contributed by atoms with Gasteiger partial charge >= 0.3 is 0 Å². The van der Waals surface area contributed by atoms with Gasteiger partial charge in [-0.3, -0.25) is 9.69 Å². The highest BCUT2D eigenvalue weighted by Crippen LogP contribution is 2.17. The third kappa shape index (κ3) is 5.49. The second-order valence-corrected chi connectivity index (χ2v) is 5.78. The molecule has 2 rings (SSSR count). The maximum absolute atomic E-state index is 11.2. The Kier molecular flexibility index (Phi) is 7.39. The molecule has 0 aromatic rings. The molecule has 0 N–H and O–H groups in total. The lowest BCUT2D eigenvalue weighted by Crippen LogP contribution is -2.53. The van der Waals surface area contributed by atoms with Crippen LogP contribution in [0.2, 0.25) is 0 Å². The first-order valence-corrected chi connectivity index (χ1v) is 7.76. The number of carbonyl (C=O) groups excluding carboxylic acids is 1. The van der Waals surface area contributed by atoms with Crippen molar-refractivity contribution in [1.82, 2.24) is 14.7 Å². The van der Waals surface area contributed by atoms with Crippen molar-refractivity contribution in [2.75, 3.05) is 46.3 Å². The van der Waals surface area contributed by atoms with Crippen LogP contribution in [-0.2, 0) is 4.79 Å². The first-order chi connectivity index (χ1) is 9.08. The molecule has 0 aliphatic carbocycles. The molecular formula is C15H31N3O. The van der Waals surface area contributed by atoms with Crippen molar-refractivity contribution in [1.29, 1.82) is 0 Å². The Bertz CT molecular complexity index is 254. The van der Waals surface area contributed by atoms with Crippen molar-refractivity contribution in [3.63, 3.8) is 0 Å². The quantitative estimate of drug-likeness (QED) is 0.724. The summed E-state index contributed by atoms with van der Waals surface area (Å²) in [7, 11) is 2.20. The molecule has 0 spiro atoms. The van der Waals surface area contributed by atoms with Gasteiger partial charge in [-0.15, -0.1) is 0 Å². The molecule has 0 saturated carbocycles. The number of piperidine rings is 1. The van der Waals surface area contributed by atoms with Crippen LogP contribution in [0.25, 0.3) is 0 Å². The van der Waals surface area contributed by atoms with E-state index in [1.54, 1.807) is 6.92 Å². The SMILES string of the molecule is CC(=O)N1CCN(C2CCN(C)CC2)CC1.CCC. The average molecular weight is 269 g/mol. The van der Waals surface area contributed by atoms with Gasteiger partial charge in [-0.25, -0.2) is 0 Å². The minimum Gasteiger partial charge on any atom is -0.340 e. The lowest BCUT2D eigenvalue weighted by atomic mass is 10.0. The zero-order chi connectivity index (χ0) is 14.3. The van der Waals surface area contributed by atoms with E-state index in [9.17, 15) is 4.79 Å². The molecule has 112 valence electrons. The Morgan fingerprint density at radius 1 is 1.00 bits per heavy atom. The minimum atomic E-state index is 0.225. The number of amides is 1. The summed E-state index contributed by atoms with van der Waals surface area (Å²) in [5.41, 5.74) is 0. The molecule has 2 aliphatic rings. The summed E-state index contributed by atoms with van der Waals surface area (Å²) in [6.45, 7) is 12.3. The van der Waals surface area contributed by atoms with Crippen LogP contribution in [0.5, 0.6) is 0 Å². The largest absolute Gasteiger partial charge is 0.340 e. The standard InChI is InChI=1S/C12H23N3O.C3H8/c1-11(16)14-7-9-15(10-8-14)12-3-5-13(2)6-4-12;1-3-2/h12H,3-10H2,1-2H3;3H2,1-2H3. The predicted molar refractivity (Wildman–Crippen MR) is 80.3 cm³/mol. The molecule has 2 saturated heterocycles. The first-order valence-electron chi connectivity index (χ1n) is 7.76. The van der Waals surface area contributed by atoms with E-state index in [4.69, 9.17) is 0 Å². The van der Waals surface area contributed by atoms with Crippen molar-refractivity contribution in [2.24, 2.45) is 0 Å². The zero-order valence-corrected chi connectivity index (χ0v) is 13.2. The molecule has 4 heteroatoms. The first kappa shape index (κ1) is 16.4. The van der Waals surface area contributed by atoms with E-state index in [0.717, 1.165) is 32.2 Å². The number of piperazine rings is 1. The van der Waals surface area contributed by atoms with Gasteiger partial charge in [-0.1, -0.05) is 20.3 Å². The molecule has 1 amide bonds. The van der Waals surface area contributed by atoms with Crippen molar-refractivity contribution < 1.29 is 4.79 Å². The van der Waals surface area contributed by atoms with E-state index < -0.39 is 0 Å². The number of hydrogen-bond acceptors (Lipinski definition) is 3. The van der Waals surface area contributed by atoms with E-state index in [0.29, 0.717) is 0 Å². The lowest BCUT2D eigenvalue weighted by Gasteiger charge is -2.42. The number of carbonyl (C=O) groups is 1. The van der Waals surface area contributed by atoms with Crippen LogP contribution < -0.4 is 0 Å². The van der Waals surface area contributed by atoms with Crippen molar-refractivity contribution in [2.45, 2.75) is 46.1 Å². The minimum absolute atomic E-state index is 0.225. The summed E-state index contributed by atoms with van der Waals surface area (Å²) in [4.78, 5) is 18.2. The van der Waals surface area contributed by atoms with Gasteiger partial charge in [0.25, 0.3) is 0 Å². The number of likely N-dealkylation sites (tertiary alicyclic amines) is 1. The zero-order valence-electron chi connectivity index (χ0n) is 13.2. The van der Waals surface area contributed by atoms with Crippen LogP contribution in [0.15, 0.2) is 0 Å². The maximum atomic E-state index is 11.2. The van der Waals surface area contributed by atoms with Crippen LogP contribution >= 0.6 is 0 Å². The van der Waals surface area contributed by atoms with Gasteiger partial charge in [0.1, 0.15) is 0 Å². The van der Waals surface area contributed by atoms with Gasteiger partial charge < -0.3 is 9.80 Å². The van der Waals surface area contributed by atoms with E-state index in [-0.39, 0.29) is 5.91 Å². The van der Waals surface area contributed by atoms with Crippen molar-refractivity contribution in [3.8, 4) is 0 Å². The second-order valence-electron chi connectivity index (χ2n) is 5.78. The van der Waals surface area contributed by atoms with Gasteiger partial charge in [-0.2, -0.15) is 0 Å². The second kappa shape index (κ2) is 8.54. The number of hydrogen-bond donors (Lipinski definition) is 0. The summed E-state index contributed by atoms with van der Waals surface area (Å²) in [5, 5.41) is 0. The van der Waals surface area contributed by atoms with E-state index in [2.05, 4.69) is 30.7 Å². The van der Waals surface area contributed by atoms with Crippen molar-refractivity contribution >= 4 is 5.91 Å². The molecule has 2 heterocycles. The third-order valence-corrected chi connectivity index (χ3v) is 3.96. The number of nitrogens with zero attached hydrogens (tertiary/aromatic N) is 3. The van der Waals surface area contributed by atoms with Gasteiger partial charge in [-0.05, 0) is 33.0 Å².